The molecule has 0 amide bonds. The van der Waals surface area contributed by atoms with Gasteiger partial charge in [-0.2, -0.15) is 4.98 Å². The molecular formula is C21H26N8OS. The highest BCUT2D eigenvalue weighted by atomic mass is 32.2. The second-order valence-corrected chi connectivity index (χ2v) is 8.58. The smallest absolute Gasteiger partial charge is 0.247 e. The van der Waals surface area contributed by atoms with Gasteiger partial charge in [0.2, 0.25) is 5.95 Å². The lowest BCUT2D eigenvalue weighted by Crippen LogP contribution is -2.56. The van der Waals surface area contributed by atoms with Crippen LogP contribution in [0.1, 0.15) is 5.56 Å². The molecule has 0 atom stereocenters. The van der Waals surface area contributed by atoms with Crippen LogP contribution < -0.4 is 10.2 Å². The molecule has 2 aliphatic heterocycles. The topological polar surface area (TPSA) is 84.2 Å². The Morgan fingerprint density at radius 3 is 2.68 bits per heavy atom. The minimum absolute atomic E-state index is 0.538. The van der Waals surface area contributed by atoms with E-state index in [-0.39, 0.29) is 0 Å². The summed E-state index contributed by atoms with van der Waals surface area (Å²) < 4.78 is 7.00. The number of hydrogen-bond acceptors (Lipinski definition) is 9. The SMILES string of the molecule is CSc1nccc(-n2cnc(Nc3cc(C)cc(N4CCN(C5COC5)CC4)c3)n2)n1. The zero-order valence-corrected chi connectivity index (χ0v) is 18.5. The summed E-state index contributed by atoms with van der Waals surface area (Å²) in [4.78, 5) is 18.1. The third-order valence-electron chi connectivity index (χ3n) is 5.66. The lowest BCUT2D eigenvalue weighted by molar-refractivity contribution is -0.0660. The van der Waals surface area contributed by atoms with Gasteiger partial charge in [0.1, 0.15) is 6.33 Å². The Balaban J connectivity index is 1.28. The Kier molecular flexibility index (Phi) is 5.75. The van der Waals surface area contributed by atoms with Crippen LogP contribution in [0.4, 0.5) is 17.3 Å². The summed E-state index contributed by atoms with van der Waals surface area (Å²) in [5.74, 6) is 1.23. The number of rotatable bonds is 6. The maximum atomic E-state index is 5.34. The molecule has 31 heavy (non-hydrogen) atoms. The molecule has 4 heterocycles. The average molecular weight is 439 g/mol. The Hall–Kier alpha value is -2.69. The van der Waals surface area contributed by atoms with Crippen LogP contribution in [-0.2, 0) is 4.74 Å². The van der Waals surface area contributed by atoms with Crippen molar-refractivity contribution in [2.24, 2.45) is 0 Å². The molecular weight excluding hydrogens is 412 g/mol. The van der Waals surface area contributed by atoms with Gasteiger partial charge in [0, 0.05) is 49.8 Å². The molecule has 2 aromatic heterocycles. The van der Waals surface area contributed by atoms with Gasteiger partial charge in [-0.3, -0.25) is 4.90 Å². The molecule has 3 aromatic rings. The molecule has 0 spiro atoms. The van der Waals surface area contributed by atoms with E-state index in [9.17, 15) is 0 Å². The highest BCUT2D eigenvalue weighted by molar-refractivity contribution is 7.98. The Labute approximate surface area is 185 Å². The van der Waals surface area contributed by atoms with Crippen molar-refractivity contribution in [3.8, 4) is 5.82 Å². The van der Waals surface area contributed by atoms with Crippen molar-refractivity contribution in [3.05, 3.63) is 42.4 Å². The third-order valence-corrected chi connectivity index (χ3v) is 6.22. The molecule has 1 N–H and O–H groups in total. The summed E-state index contributed by atoms with van der Waals surface area (Å²) in [6.45, 7) is 8.09. The number of piperazine rings is 1. The number of benzene rings is 1. The number of aromatic nitrogens is 5. The molecule has 0 unspecified atom stereocenters. The Bertz CT molecular complexity index is 1050. The van der Waals surface area contributed by atoms with E-state index in [0.29, 0.717) is 23.0 Å². The Morgan fingerprint density at radius 2 is 1.94 bits per heavy atom. The predicted molar refractivity (Wildman–Crippen MR) is 122 cm³/mol. The molecule has 0 aliphatic carbocycles. The van der Waals surface area contributed by atoms with Gasteiger partial charge in [-0.05, 0) is 36.9 Å². The van der Waals surface area contributed by atoms with Crippen molar-refractivity contribution in [2.75, 3.05) is 55.9 Å². The zero-order valence-electron chi connectivity index (χ0n) is 17.7. The summed E-state index contributed by atoms with van der Waals surface area (Å²) in [6, 6.07) is 8.96. The number of hydrogen-bond donors (Lipinski definition) is 1. The summed E-state index contributed by atoms with van der Waals surface area (Å²) in [5, 5.41) is 8.58. The molecule has 10 heteroatoms. The quantitative estimate of drug-likeness (QED) is 0.460. The normalized spacial score (nSPS) is 17.5. The number of thioether (sulfide) groups is 1. The van der Waals surface area contributed by atoms with Crippen LogP contribution in [0, 0.1) is 6.92 Å². The monoisotopic (exact) mass is 438 g/mol. The number of nitrogens with one attached hydrogen (secondary N) is 1. The molecule has 162 valence electrons. The molecule has 0 saturated carbocycles. The minimum atomic E-state index is 0.538. The van der Waals surface area contributed by atoms with Crippen molar-refractivity contribution in [1.82, 2.24) is 29.6 Å². The van der Waals surface area contributed by atoms with Crippen molar-refractivity contribution in [1.29, 1.82) is 0 Å². The fourth-order valence-electron chi connectivity index (χ4n) is 3.91. The van der Waals surface area contributed by atoms with Crippen LogP contribution in [0.5, 0.6) is 0 Å². The van der Waals surface area contributed by atoms with Gasteiger partial charge in [0.15, 0.2) is 11.0 Å². The molecule has 0 radical (unpaired) electrons. The number of ether oxygens (including phenoxy) is 1. The number of aryl methyl sites for hydroxylation is 1. The third kappa shape index (κ3) is 4.51. The summed E-state index contributed by atoms with van der Waals surface area (Å²) in [6.07, 6.45) is 5.34. The first-order valence-corrected chi connectivity index (χ1v) is 11.6. The van der Waals surface area contributed by atoms with E-state index >= 15 is 0 Å². The fourth-order valence-corrected chi connectivity index (χ4v) is 4.27. The van der Waals surface area contributed by atoms with E-state index in [1.165, 1.54) is 23.0 Å². The largest absolute Gasteiger partial charge is 0.378 e. The zero-order chi connectivity index (χ0) is 21.2. The van der Waals surface area contributed by atoms with Crippen molar-refractivity contribution >= 4 is 29.1 Å². The maximum Gasteiger partial charge on any atom is 0.247 e. The number of nitrogens with zero attached hydrogens (tertiary/aromatic N) is 7. The van der Waals surface area contributed by atoms with Gasteiger partial charge >= 0.3 is 0 Å². The standard InChI is InChI=1S/C21H26N8OS/c1-15-9-16(11-17(10-15)27-5-7-28(8-6-27)18-12-30-13-18)24-20-23-14-29(26-20)19-3-4-22-21(25-19)31-2/h3-4,9-11,14,18H,5-8,12-13H2,1-2H3,(H,24,26). The van der Waals surface area contributed by atoms with Crippen LogP contribution >= 0.6 is 11.8 Å². The second kappa shape index (κ2) is 8.81. The van der Waals surface area contributed by atoms with Crippen LogP contribution in [0.2, 0.25) is 0 Å². The lowest BCUT2D eigenvalue weighted by Gasteiger charge is -2.43. The van der Waals surface area contributed by atoms with Gasteiger partial charge in [-0.1, -0.05) is 11.8 Å². The van der Waals surface area contributed by atoms with Crippen molar-refractivity contribution in [2.45, 2.75) is 18.1 Å². The first kappa shape index (κ1) is 20.2. The van der Waals surface area contributed by atoms with Crippen LogP contribution in [0.25, 0.3) is 5.82 Å². The fraction of sp³-hybridized carbons (Fsp3) is 0.429. The average Bonchev–Trinajstić information content (AvgIpc) is 3.21. The van der Waals surface area contributed by atoms with E-state index in [0.717, 1.165) is 45.1 Å². The van der Waals surface area contributed by atoms with Gasteiger partial charge in [-0.25, -0.2) is 14.6 Å². The highest BCUT2D eigenvalue weighted by Gasteiger charge is 2.29. The molecule has 2 saturated heterocycles. The van der Waals surface area contributed by atoms with E-state index in [4.69, 9.17) is 4.74 Å². The first-order valence-electron chi connectivity index (χ1n) is 10.4. The highest BCUT2D eigenvalue weighted by Crippen LogP contribution is 2.26. The van der Waals surface area contributed by atoms with Gasteiger partial charge in [0.05, 0.1) is 19.3 Å². The number of anilines is 3. The molecule has 9 nitrogen and oxygen atoms in total. The van der Waals surface area contributed by atoms with Gasteiger partial charge in [-0.15, -0.1) is 5.10 Å². The molecule has 1 aromatic carbocycles. The van der Waals surface area contributed by atoms with E-state index in [1.54, 1.807) is 17.2 Å². The van der Waals surface area contributed by atoms with E-state index in [1.807, 2.05) is 12.3 Å². The Morgan fingerprint density at radius 1 is 1.10 bits per heavy atom. The van der Waals surface area contributed by atoms with Crippen molar-refractivity contribution < 1.29 is 4.74 Å². The first-order chi connectivity index (χ1) is 15.2. The maximum absolute atomic E-state index is 5.34. The summed E-state index contributed by atoms with van der Waals surface area (Å²) >= 11 is 1.50. The van der Waals surface area contributed by atoms with Crippen LogP contribution in [0.3, 0.4) is 0 Å². The molecule has 0 bridgehead atoms. The summed E-state index contributed by atoms with van der Waals surface area (Å²) in [5.41, 5.74) is 3.41. The van der Waals surface area contributed by atoms with Gasteiger partial charge in [0.25, 0.3) is 0 Å². The van der Waals surface area contributed by atoms with Crippen molar-refractivity contribution in [3.63, 3.8) is 0 Å². The van der Waals surface area contributed by atoms with E-state index < -0.39 is 0 Å². The van der Waals surface area contributed by atoms with Crippen LogP contribution in [0.15, 0.2) is 41.9 Å². The van der Waals surface area contributed by atoms with E-state index in [2.05, 4.69) is 60.3 Å². The molecule has 2 fully saturated rings. The lowest BCUT2D eigenvalue weighted by atomic mass is 10.1. The second-order valence-electron chi connectivity index (χ2n) is 7.81. The molecule has 2 aliphatic rings. The molecule has 5 rings (SSSR count). The summed E-state index contributed by atoms with van der Waals surface area (Å²) in [7, 11) is 0. The van der Waals surface area contributed by atoms with Crippen LogP contribution in [-0.4, -0.2) is 81.3 Å². The predicted octanol–water partition coefficient (Wildman–Crippen LogP) is 2.35. The minimum Gasteiger partial charge on any atom is -0.378 e. The van der Waals surface area contributed by atoms with Gasteiger partial charge < -0.3 is 15.0 Å².